The van der Waals surface area contributed by atoms with Crippen LogP contribution < -0.4 is 4.74 Å². The summed E-state index contributed by atoms with van der Waals surface area (Å²) in [7, 11) is 1.71. The van der Waals surface area contributed by atoms with Gasteiger partial charge in [-0.3, -0.25) is 9.89 Å². The maximum atomic E-state index is 12.1. The molecule has 0 saturated heterocycles. The Morgan fingerprint density at radius 3 is 2.76 bits per heavy atom. The zero-order valence-electron chi connectivity index (χ0n) is 12.8. The minimum atomic E-state index is -0.113. The molecule has 0 bridgehead atoms. The van der Waals surface area contributed by atoms with Gasteiger partial charge in [0, 0.05) is 7.05 Å². The van der Waals surface area contributed by atoms with Gasteiger partial charge in [-0.1, -0.05) is 12.1 Å². The van der Waals surface area contributed by atoms with Crippen LogP contribution in [0.1, 0.15) is 22.8 Å². The van der Waals surface area contributed by atoms with Crippen molar-refractivity contribution in [2.75, 3.05) is 13.7 Å². The Labute approximate surface area is 124 Å². The number of carbonyl (C=O) groups is 1. The molecule has 1 amide bonds. The number of nitrogens with zero attached hydrogens (tertiary/aromatic N) is 3. The Kier molecular flexibility index (Phi) is 4.57. The minimum absolute atomic E-state index is 0.00417. The third-order valence-corrected chi connectivity index (χ3v) is 3.35. The molecule has 1 N–H and O–H groups in total. The minimum Gasteiger partial charge on any atom is -0.483 e. The highest BCUT2D eigenvalue weighted by Gasteiger charge is 2.13. The van der Waals surface area contributed by atoms with Crippen LogP contribution in [-0.4, -0.2) is 39.6 Å². The number of ether oxygens (including phenoxy) is 1. The molecule has 0 fully saturated rings. The van der Waals surface area contributed by atoms with Crippen molar-refractivity contribution in [2.45, 2.75) is 27.3 Å². The fourth-order valence-electron chi connectivity index (χ4n) is 1.89. The summed E-state index contributed by atoms with van der Waals surface area (Å²) >= 11 is 0. The molecule has 112 valence electrons. The Morgan fingerprint density at radius 1 is 1.33 bits per heavy atom. The lowest BCUT2D eigenvalue weighted by Crippen LogP contribution is -2.31. The van der Waals surface area contributed by atoms with Gasteiger partial charge in [-0.15, -0.1) is 0 Å². The normalized spacial score (nSPS) is 10.5. The highest BCUT2D eigenvalue weighted by molar-refractivity contribution is 5.77. The molecule has 0 radical (unpaired) electrons. The van der Waals surface area contributed by atoms with E-state index in [9.17, 15) is 4.79 Å². The quantitative estimate of drug-likeness (QED) is 0.910. The zero-order chi connectivity index (χ0) is 15.4. The van der Waals surface area contributed by atoms with Crippen LogP contribution in [0.3, 0.4) is 0 Å². The Morgan fingerprint density at radius 2 is 2.10 bits per heavy atom. The van der Waals surface area contributed by atoms with Crippen LogP contribution in [0.4, 0.5) is 0 Å². The number of hydrogen-bond acceptors (Lipinski definition) is 4. The molecule has 2 aromatic rings. The summed E-state index contributed by atoms with van der Waals surface area (Å²) in [5.41, 5.74) is 2.20. The van der Waals surface area contributed by atoms with Crippen LogP contribution in [0.15, 0.2) is 18.2 Å². The fourth-order valence-corrected chi connectivity index (χ4v) is 1.89. The van der Waals surface area contributed by atoms with Crippen molar-refractivity contribution < 1.29 is 9.53 Å². The lowest BCUT2D eigenvalue weighted by Gasteiger charge is -2.16. The maximum absolute atomic E-state index is 12.1. The molecule has 6 heteroatoms. The Bertz CT molecular complexity index is 636. The van der Waals surface area contributed by atoms with Crippen molar-refractivity contribution in [3.63, 3.8) is 0 Å². The second-order valence-corrected chi connectivity index (χ2v) is 5.07. The predicted octanol–water partition coefficient (Wildman–Crippen LogP) is 1.77. The molecule has 1 aromatic carbocycles. The second kappa shape index (κ2) is 6.39. The van der Waals surface area contributed by atoms with E-state index >= 15 is 0 Å². The summed E-state index contributed by atoms with van der Waals surface area (Å²) in [6.07, 6.45) is 0. The predicted molar refractivity (Wildman–Crippen MR) is 79.0 cm³/mol. The molecule has 0 atom stereocenters. The first-order valence-corrected chi connectivity index (χ1v) is 6.78. The van der Waals surface area contributed by atoms with E-state index in [4.69, 9.17) is 4.74 Å². The number of nitrogens with one attached hydrogen (secondary N) is 1. The summed E-state index contributed by atoms with van der Waals surface area (Å²) in [5, 5.41) is 6.77. The lowest BCUT2D eigenvalue weighted by atomic mass is 10.1. The standard InChI is InChI=1S/C15H20N4O2/c1-10-6-5-7-13(11(10)2)21-9-15(20)19(4)8-14-16-12(3)17-18-14/h5-7H,8-9H2,1-4H3,(H,16,17,18). The summed E-state index contributed by atoms with van der Waals surface area (Å²) in [4.78, 5) is 17.8. The van der Waals surface area contributed by atoms with Crippen LogP contribution in [0, 0.1) is 20.8 Å². The van der Waals surface area contributed by atoms with E-state index in [-0.39, 0.29) is 12.5 Å². The molecule has 1 heterocycles. The van der Waals surface area contributed by atoms with Crippen molar-refractivity contribution in [3.8, 4) is 5.75 Å². The number of aromatic amines is 1. The third kappa shape index (κ3) is 3.81. The summed E-state index contributed by atoms with van der Waals surface area (Å²) in [6, 6.07) is 5.80. The van der Waals surface area contributed by atoms with E-state index < -0.39 is 0 Å². The Balaban J connectivity index is 1.90. The molecule has 0 spiro atoms. The number of likely N-dealkylation sites (N-methyl/N-ethyl adjacent to an activating group) is 1. The molecular weight excluding hydrogens is 268 g/mol. The van der Waals surface area contributed by atoms with E-state index in [0.717, 1.165) is 22.7 Å². The van der Waals surface area contributed by atoms with Crippen LogP contribution in [0.25, 0.3) is 0 Å². The van der Waals surface area contributed by atoms with E-state index in [0.29, 0.717) is 12.4 Å². The van der Waals surface area contributed by atoms with Gasteiger partial charge in [-0.25, -0.2) is 4.98 Å². The van der Waals surface area contributed by atoms with Crippen LogP contribution in [-0.2, 0) is 11.3 Å². The van der Waals surface area contributed by atoms with Crippen molar-refractivity contribution in [2.24, 2.45) is 0 Å². The SMILES string of the molecule is Cc1nc(CN(C)C(=O)COc2cccc(C)c2C)n[nH]1. The van der Waals surface area contributed by atoms with Crippen molar-refractivity contribution in [1.29, 1.82) is 0 Å². The average molecular weight is 288 g/mol. The molecular formula is C15H20N4O2. The first-order valence-electron chi connectivity index (χ1n) is 6.78. The number of amides is 1. The first kappa shape index (κ1) is 15.0. The van der Waals surface area contributed by atoms with E-state index in [1.165, 1.54) is 0 Å². The number of hydrogen-bond donors (Lipinski definition) is 1. The van der Waals surface area contributed by atoms with Gasteiger partial charge in [0.1, 0.15) is 11.6 Å². The molecule has 0 aliphatic rings. The summed E-state index contributed by atoms with van der Waals surface area (Å²) in [5.74, 6) is 1.96. The van der Waals surface area contributed by atoms with Crippen LogP contribution in [0.2, 0.25) is 0 Å². The number of aromatic nitrogens is 3. The van der Waals surface area contributed by atoms with Gasteiger partial charge in [-0.2, -0.15) is 5.10 Å². The van der Waals surface area contributed by atoms with Gasteiger partial charge in [-0.05, 0) is 38.0 Å². The van der Waals surface area contributed by atoms with E-state index in [1.54, 1.807) is 11.9 Å². The average Bonchev–Trinajstić information content (AvgIpc) is 2.85. The van der Waals surface area contributed by atoms with E-state index in [1.807, 2.05) is 39.0 Å². The van der Waals surface area contributed by atoms with Gasteiger partial charge >= 0.3 is 0 Å². The van der Waals surface area contributed by atoms with Gasteiger partial charge in [0.05, 0.1) is 6.54 Å². The van der Waals surface area contributed by atoms with Gasteiger partial charge in [0.25, 0.3) is 5.91 Å². The third-order valence-electron chi connectivity index (χ3n) is 3.35. The Hall–Kier alpha value is -2.37. The van der Waals surface area contributed by atoms with Crippen molar-refractivity contribution >= 4 is 5.91 Å². The molecule has 0 aliphatic heterocycles. The summed E-state index contributed by atoms with van der Waals surface area (Å²) < 4.78 is 5.60. The second-order valence-electron chi connectivity index (χ2n) is 5.07. The van der Waals surface area contributed by atoms with E-state index in [2.05, 4.69) is 15.2 Å². The van der Waals surface area contributed by atoms with Gasteiger partial charge in [0.2, 0.25) is 0 Å². The molecule has 1 aromatic heterocycles. The smallest absolute Gasteiger partial charge is 0.260 e. The number of rotatable bonds is 5. The number of carbonyl (C=O) groups excluding carboxylic acids is 1. The molecule has 21 heavy (non-hydrogen) atoms. The maximum Gasteiger partial charge on any atom is 0.260 e. The largest absolute Gasteiger partial charge is 0.483 e. The summed E-state index contributed by atoms with van der Waals surface area (Å²) in [6.45, 7) is 6.18. The lowest BCUT2D eigenvalue weighted by molar-refractivity contribution is -0.132. The first-order chi connectivity index (χ1) is 9.97. The molecule has 0 saturated carbocycles. The zero-order valence-corrected chi connectivity index (χ0v) is 12.8. The molecule has 0 aliphatic carbocycles. The fraction of sp³-hybridized carbons (Fsp3) is 0.400. The van der Waals surface area contributed by atoms with Crippen molar-refractivity contribution in [3.05, 3.63) is 41.0 Å². The topological polar surface area (TPSA) is 71.1 Å². The van der Waals surface area contributed by atoms with Crippen LogP contribution >= 0.6 is 0 Å². The number of benzene rings is 1. The number of H-pyrrole nitrogens is 1. The molecule has 0 unspecified atom stereocenters. The van der Waals surface area contributed by atoms with Crippen molar-refractivity contribution in [1.82, 2.24) is 20.1 Å². The van der Waals surface area contributed by atoms with Gasteiger partial charge in [0.15, 0.2) is 12.4 Å². The van der Waals surface area contributed by atoms with Crippen LogP contribution in [0.5, 0.6) is 5.75 Å². The highest BCUT2D eigenvalue weighted by Crippen LogP contribution is 2.20. The number of aryl methyl sites for hydroxylation is 2. The molecule has 2 rings (SSSR count). The van der Waals surface area contributed by atoms with Gasteiger partial charge < -0.3 is 9.64 Å². The highest BCUT2D eigenvalue weighted by atomic mass is 16.5. The monoisotopic (exact) mass is 288 g/mol. The molecule has 6 nitrogen and oxygen atoms in total.